The lowest BCUT2D eigenvalue weighted by Gasteiger charge is -2.34. The molecule has 188 valence electrons. The fourth-order valence-corrected chi connectivity index (χ4v) is 5.65. The molecule has 1 aromatic carbocycles. The number of piperidine rings is 1. The second kappa shape index (κ2) is 9.47. The number of halogens is 1. The van der Waals surface area contributed by atoms with E-state index in [2.05, 4.69) is 34.4 Å². The van der Waals surface area contributed by atoms with Crippen LogP contribution in [0.3, 0.4) is 0 Å². The second-order valence-electron chi connectivity index (χ2n) is 9.71. The van der Waals surface area contributed by atoms with Crippen LogP contribution >= 0.6 is 9.24 Å². The van der Waals surface area contributed by atoms with Gasteiger partial charge in [-0.3, -0.25) is 0 Å². The Kier molecular flexibility index (Phi) is 6.90. The van der Waals surface area contributed by atoms with Gasteiger partial charge in [0.15, 0.2) is 9.84 Å². The molecule has 2 heterocycles. The molecular formula is C24H32FN6O2PS. The molecule has 11 heteroatoms. The quantitative estimate of drug-likeness (QED) is 0.335. The Labute approximate surface area is 208 Å². The van der Waals surface area contributed by atoms with Gasteiger partial charge in [-0.15, -0.1) is 0 Å². The number of nitrogens with zero attached hydrogens (tertiary/aromatic N) is 4. The highest BCUT2D eigenvalue weighted by molar-refractivity contribution is 7.90. The first-order chi connectivity index (χ1) is 16.4. The summed E-state index contributed by atoms with van der Waals surface area (Å²) in [4.78, 5) is 15.5. The van der Waals surface area contributed by atoms with Crippen LogP contribution in [-0.2, 0) is 9.84 Å². The van der Waals surface area contributed by atoms with Crippen LogP contribution in [0.15, 0.2) is 45.4 Å². The first kappa shape index (κ1) is 25.5. The molecule has 4 rings (SSSR count). The monoisotopic (exact) mass is 518 g/mol. The summed E-state index contributed by atoms with van der Waals surface area (Å²) in [6.07, 6.45) is 5.57. The number of sulfone groups is 1. The molecule has 1 unspecified atom stereocenters. The van der Waals surface area contributed by atoms with Crippen LogP contribution in [0, 0.1) is 24.1 Å². The predicted molar refractivity (Wildman–Crippen MR) is 141 cm³/mol. The van der Waals surface area contributed by atoms with E-state index in [1.54, 1.807) is 0 Å². The van der Waals surface area contributed by atoms with Gasteiger partial charge in [0.1, 0.15) is 29.6 Å². The predicted octanol–water partition coefficient (Wildman–Crippen LogP) is 4.16. The number of benzene rings is 1. The zero-order valence-electron chi connectivity index (χ0n) is 20.5. The molecule has 0 bridgehead atoms. The number of rotatable bonds is 6. The first-order valence-electron chi connectivity index (χ1n) is 11.6. The summed E-state index contributed by atoms with van der Waals surface area (Å²) >= 11 is 0. The van der Waals surface area contributed by atoms with Crippen LogP contribution in [-0.4, -0.2) is 43.6 Å². The van der Waals surface area contributed by atoms with Crippen molar-refractivity contribution in [2.24, 2.45) is 22.1 Å². The number of nitrogens with two attached hydrogens (primary N) is 1. The lowest BCUT2D eigenvalue weighted by molar-refractivity contribution is 0.401. The Balaban J connectivity index is 1.48. The maximum atomic E-state index is 14.6. The van der Waals surface area contributed by atoms with Gasteiger partial charge in [-0.2, -0.15) is 0 Å². The number of allylic oxidation sites excluding steroid dienone is 1. The van der Waals surface area contributed by atoms with Crippen LogP contribution in [0.25, 0.3) is 0 Å². The van der Waals surface area contributed by atoms with E-state index in [0.29, 0.717) is 11.7 Å². The lowest BCUT2D eigenvalue weighted by Crippen LogP contribution is -2.35. The molecule has 1 atom stereocenters. The standard InChI is InChI=1S/C24H32FN6O2PS/c1-14(2)20(26)30-23(34)17-12-24(17)7-9-31(10-8-24)22-15(3)21(27-13-28-22)29-19-6-5-16(11-18(19)25)35(4,32)33/h5-6,11,13-14H,7-10,12,34H2,1-4H3,(H2,26,30)(H,27,28,29)/b23-17+. The summed E-state index contributed by atoms with van der Waals surface area (Å²) in [5.41, 5.74) is 9.55. The van der Waals surface area contributed by atoms with Crippen molar-refractivity contribution in [2.45, 2.75) is 44.9 Å². The molecule has 1 saturated carbocycles. The zero-order valence-corrected chi connectivity index (χ0v) is 22.4. The average molecular weight is 519 g/mol. The van der Waals surface area contributed by atoms with Gasteiger partial charge < -0.3 is 16.0 Å². The van der Waals surface area contributed by atoms with Crippen molar-refractivity contribution in [1.29, 1.82) is 0 Å². The number of hydrogen-bond donors (Lipinski definition) is 2. The fraction of sp³-hybridized carbons (Fsp3) is 0.458. The maximum Gasteiger partial charge on any atom is 0.175 e. The molecule has 2 fully saturated rings. The molecule has 0 radical (unpaired) electrons. The van der Waals surface area contributed by atoms with E-state index in [1.807, 2.05) is 20.8 Å². The topological polar surface area (TPSA) is 114 Å². The van der Waals surface area contributed by atoms with Crippen molar-refractivity contribution in [3.63, 3.8) is 0 Å². The number of amidine groups is 1. The van der Waals surface area contributed by atoms with Gasteiger partial charge in [-0.05, 0) is 50.0 Å². The van der Waals surface area contributed by atoms with Crippen LogP contribution < -0.4 is 16.0 Å². The highest BCUT2D eigenvalue weighted by atomic mass is 32.2. The molecule has 1 spiro atoms. The van der Waals surface area contributed by atoms with Crippen molar-refractivity contribution in [1.82, 2.24) is 9.97 Å². The highest BCUT2D eigenvalue weighted by Crippen LogP contribution is 2.61. The van der Waals surface area contributed by atoms with E-state index < -0.39 is 15.7 Å². The minimum atomic E-state index is -3.49. The van der Waals surface area contributed by atoms with Crippen LogP contribution in [0.2, 0.25) is 0 Å². The average Bonchev–Trinajstić information content (AvgIpc) is 3.49. The fourth-order valence-electron chi connectivity index (χ4n) is 4.46. The normalized spacial score (nSPS) is 19.3. The number of anilines is 3. The van der Waals surface area contributed by atoms with Gasteiger partial charge in [-0.25, -0.2) is 27.8 Å². The third kappa shape index (κ3) is 5.33. The SMILES string of the molecule is Cc1c(Nc2ccc(S(C)(=O)=O)cc2F)ncnc1N1CCC2(CC1)C/C2=C(\P)N=C(N)C(C)C. The molecule has 1 aromatic heterocycles. The van der Waals surface area contributed by atoms with E-state index in [0.717, 1.165) is 61.5 Å². The summed E-state index contributed by atoms with van der Waals surface area (Å²) in [5, 5.41) is 2.99. The first-order valence-corrected chi connectivity index (χ1v) is 14.0. The van der Waals surface area contributed by atoms with Crippen LogP contribution in [0.1, 0.15) is 38.7 Å². The van der Waals surface area contributed by atoms with Gasteiger partial charge in [0.05, 0.1) is 16.0 Å². The number of aliphatic imine (C=N–C) groups is 1. The van der Waals surface area contributed by atoms with Crippen molar-refractivity contribution in [3.8, 4) is 0 Å². The highest BCUT2D eigenvalue weighted by Gasteiger charge is 2.51. The minimum Gasteiger partial charge on any atom is -0.387 e. The van der Waals surface area contributed by atoms with Gasteiger partial charge in [-0.1, -0.05) is 23.1 Å². The summed E-state index contributed by atoms with van der Waals surface area (Å²) in [5.74, 6) is 1.51. The molecule has 1 saturated heterocycles. The molecule has 35 heavy (non-hydrogen) atoms. The van der Waals surface area contributed by atoms with Crippen molar-refractivity contribution >= 4 is 42.2 Å². The molecule has 0 amide bonds. The van der Waals surface area contributed by atoms with E-state index in [4.69, 9.17) is 5.73 Å². The Morgan fingerprint density at radius 2 is 1.97 bits per heavy atom. The molecule has 8 nitrogen and oxygen atoms in total. The largest absolute Gasteiger partial charge is 0.387 e. The third-order valence-electron chi connectivity index (χ3n) is 6.88. The van der Waals surface area contributed by atoms with Crippen LogP contribution in [0.4, 0.5) is 21.7 Å². The smallest absolute Gasteiger partial charge is 0.175 e. The van der Waals surface area contributed by atoms with Gasteiger partial charge >= 0.3 is 0 Å². The van der Waals surface area contributed by atoms with Gasteiger partial charge in [0.25, 0.3) is 0 Å². The molecule has 1 aliphatic heterocycles. The lowest BCUT2D eigenvalue weighted by atomic mass is 9.92. The molecular weight excluding hydrogens is 486 g/mol. The van der Waals surface area contributed by atoms with E-state index in [1.165, 1.54) is 24.0 Å². The number of hydrogen-bond acceptors (Lipinski definition) is 7. The summed E-state index contributed by atoms with van der Waals surface area (Å²) in [6, 6.07) is 3.80. The van der Waals surface area contributed by atoms with Gasteiger partial charge in [0, 0.05) is 36.2 Å². The second-order valence-corrected chi connectivity index (χ2v) is 12.3. The maximum absolute atomic E-state index is 14.6. The summed E-state index contributed by atoms with van der Waals surface area (Å²) < 4.78 is 37.9. The molecule has 2 aromatic rings. The van der Waals surface area contributed by atoms with Gasteiger partial charge in [0.2, 0.25) is 0 Å². The van der Waals surface area contributed by atoms with Crippen molar-refractivity contribution in [2.75, 3.05) is 29.6 Å². The minimum absolute atomic E-state index is 0.0670. The Bertz CT molecular complexity index is 1320. The molecule has 3 N–H and O–H groups in total. The Hall–Kier alpha value is -2.58. The Morgan fingerprint density at radius 3 is 2.57 bits per heavy atom. The summed E-state index contributed by atoms with van der Waals surface area (Å²) in [6.45, 7) is 7.67. The third-order valence-corrected chi connectivity index (χ3v) is 8.47. The van der Waals surface area contributed by atoms with E-state index in [-0.39, 0.29) is 21.9 Å². The van der Waals surface area contributed by atoms with Crippen LogP contribution in [0.5, 0.6) is 0 Å². The number of nitrogens with one attached hydrogen (secondary N) is 1. The van der Waals surface area contributed by atoms with E-state index >= 15 is 0 Å². The van der Waals surface area contributed by atoms with E-state index in [9.17, 15) is 12.8 Å². The Morgan fingerprint density at radius 1 is 1.29 bits per heavy atom. The summed E-state index contributed by atoms with van der Waals surface area (Å²) in [7, 11) is -0.734. The molecule has 2 aliphatic rings. The number of aromatic nitrogens is 2. The zero-order chi connectivity index (χ0) is 25.5. The van der Waals surface area contributed by atoms with Crippen molar-refractivity contribution < 1.29 is 12.8 Å². The molecule has 1 aliphatic carbocycles. The van der Waals surface area contributed by atoms with Crippen molar-refractivity contribution in [3.05, 3.63) is 46.9 Å².